The molecule has 5 heteroatoms. The van der Waals surface area contributed by atoms with E-state index in [2.05, 4.69) is 10.4 Å². The molecule has 0 aliphatic carbocycles. The van der Waals surface area contributed by atoms with E-state index in [4.69, 9.17) is 5.11 Å². The molecule has 0 aliphatic rings. The summed E-state index contributed by atoms with van der Waals surface area (Å²) in [6.45, 7) is 5.57. The fourth-order valence-corrected chi connectivity index (χ4v) is 1.45. The number of carboxylic acid groups (broad SMARTS) is 1. The maximum atomic E-state index is 10.2. The summed E-state index contributed by atoms with van der Waals surface area (Å²) in [5.41, 5.74) is 2.18. The van der Waals surface area contributed by atoms with Gasteiger partial charge in [-0.3, -0.25) is 4.68 Å². The third-order valence-electron chi connectivity index (χ3n) is 2.14. The van der Waals surface area contributed by atoms with E-state index in [-0.39, 0.29) is 0 Å². The zero-order valence-corrected chi connectivity index (χ0v) is 9.60. The van der Waals surface area contributed by atoms with Crippen molar-refractivity contribution in [1.29, 1.82) is 0 Å². The number of aliphatic carboxylic acids is 1. The molecule has 0 radical (unpaired) electrons. The van der Waals surface area contributed by atoms with Crippen molar-refractivity contribution >= 4 is 5.97 Å². The number of hydrogen-bond acceptors (Lipinski definition) is 3. The molecule has 1 aromatic heterocycles. The molecule has 1 heterocycles. The highest BCUT2D eigenvalue weighted by Gasteiger charge is 1.99. The Hall–Kier alpha value is -1.78. The molecule has 0 atom stereocenters. The fraction of sp³-hybridized carbons (Fsp3) is 0.455. The number of carboxylic acids is 1. The van der Waals surface area contributed by atoms with Crippen molar-refractivity contribution in [3.8, 4) is 0 Å². The van der Waals surface area contributed by atoms with Crippen LogP contribution in [0, 0.1) is 13.8 Å². The first-order valence-corrected chi connectivity index (χ1v) is 5.23. The van der Waals surface area contributed by atoms with Crippen LogP contribution in [-0.4, -0.2) is 27.4 Å². The smallest absolute Gasteiger partial charge is 0.329 e. The van der Waals surface area contributed by atoms with E-state index in [1.54, 1.807) is 0 Å². The van der Waals surface area contributed by atoms with Crippen molar-refractivity contribution in [1.82, 2.24) is 15.1 Å². The van der Waals surface area contributed by atoms with Gasteiger partial charge in [-0.05, 0) is 26.3 Å². The highest BCUT2D eigenvalue weighted by molar-refractivity contribution is 5.79. The summed E-state index contributed by atoms with van der Waals surface area (Å²) in [5, 5.41) is 15.6. The highest BCUT2D eigenvalue weighted by Crippen LogP contribution is 2.01. The quantitative estimate of drug-likeness (QED) is 0.559. The lowest BCUT2D eigenvalue weighted by molar-refractivity contribution is -0.131. The van der Waals surface area contributed by atoms with Gasteiger partial charge in [-0.1, -0.05) is 0 Å². The monoisotopic (exact) mass is 223 g/mol. The van der Waals surface area contributed by atoms with E-state index in [9.17, 15) is 4.79 Å². The van der Waals surface area contributed by atoms with Gasteiger partial charge in [0, 0.05) is 31.1 Å². The molecule has 0 bridgehead atoms. The molecule has 1 aromatic rings. The van der Waals surface area contributed by atoms with E-state index in [1.165, 1.54) is 6.20 Å². The predicted octanol–water partition coefficient (Wildman–Crippen LogP) is 1.08. The third-order valence-corrected chi connectivity index (χ3v) is 2.14. The average molecular weight is 223 g/mol. The Morgan fingerprint density at radius 1 is 1.62 bits per heavy atom. The van der Waals surface area contributed by atoms with Crippen molar-refractivity contribution in [3.05, 3.63) is 29.7 Å². The van der Waals surface area contributed by atoms with Gasteiger partial charge in [-0.2, -0.15) is 5.10 Å². The second-order valence-corrected chi connectivity index (χ2v) is 3.63. The summed E-state index contributed by atoms with van der Waals surface area (Å²) in [6, 6.07) is 2.04. The van der Waals surface area contributed by atoms with Gasteiger partial charge in [0.2, 0.25) is 0 Å². The van der Waals surface area contributed by atoms with E-state index in [0.29, 0.717) is 0 Å². The van der Waals surface area contributed by atoms with Crippen LogP contribution in [0.25, 0.3) is 0 Å². The molecule has 88 valence electrons. The number of nitrogens with zero attached hydrogens (tertiary/aromatic N) is 2. The molecule has 1 rings (SSSR count). The lowest BCUT2D eigenvalue weighted by Crippen LogP contribution is -2.12. The standard InChI is InChI=1S/C11H17N3O2/c1-9-8-10(2)14(13-9)7-3-5-12-6-4-11(15)16/h4,6,8,12H,3,5,7H2,1-2H3,(H,15,16)/b6-4+. The minimum absolute atomic E-state index is 0.738. The second-order valence-electron chi connectivity index (χ2n) is 3.63. The zero-order chi connectivity index (χ0) is 12.0. The van der Waals surface area contributed by atoms with E-state index < -0.39 is 5.97 Å². The Bertz CT molecular complexity index is 383. The molecule has 0 spiro atoms. The van der Waals surface area contributed by atoms with Crippen LogP contribution in [0.4, 0.5) is 0 Å². The first kappa shape index (κ1) is 12.3. The summed E-state index contributed by atoms with van der Waals surface area (Å²) >= 11 is 0. The van der Waals surface area contributed by atoms with Gasteiger partial charge in [-0.15, -0.1) is 0 Å². The average Bonchev–Trinajstić information content (AvgIpc) is 2.50. The predicted molar refractivity (Wildman–Crippen MR) is 61.1 cm³/mol. The number of rotatable bonds is 6. The number of aryl methyl sites for hydroxylation is 3. The molecule has 5 nitrogen and oxygen atoms in total. The Morgan fingerprint density at radius 2 is 2.38 bits per heavy atom. The van der Waals surface area contributed by atoms with Crippen molar-refractivity contribution < 1.29 is 9.90 Å². The normalized spacial score (nSPS) is 10.9. The molecule has 0 saturated carbocycles. The maximum Gasteiger partial charge on any atom is 0.329 e. The van der Waals surface area contributed by atoms with E-state index in [0.717, 1.165) is 37.0 Å². The molecule has 0 saturated heterocycles. The van der Waals surface area contributed by atoms with Crippen LogP contribution < -0.4 is 5.32 Å². The summed E-state index contributed by atoms with van der Waals surface area (Å²) < 4.78 is 1.96. The summed E-state index contributed by atoms with van der Waals surface area (Å²) in [4.78, 5) is 10.2. The van der Waals surface area contributed by atoms with Gasteiger partial charge in [0.15, 0.2) is 0 Å². The number of carbonyl (C=O) groups is 1. The Kier molecular flexibility index (Phi) is 4.57. The van der Waals surface area contributed by atoms with Crippen LogP contribution in [0.2, 0.25) is 0 Å². The van der Waals surface area contributed by atoms with Gasteiger partial charge < -0.3 is 10.4 Å². The minimum Gasteiger partial charge on any atom is -0.478 e. The van der Waals surface area contributed by atoms with Crippen molar-refractivity contribution in [2.45, 2.75) is 26.8 Å². The Labute approximate surface area is 94.8 Å². The molecular weight excluding hydrogens is 206 g/mol. The molecule has 0 fully saturated rings. The van der Waals surface area contributed by atoms with Gasteiger partial charge >= 0.3 is 5.97 Å². The lowest BCUT2D eigenvalue weighted by Gasteiger charge is -2.04. The third kappa shape index (κ3) is 4.16. The minimum atomic E-state index is -0.939. The lowest BCUT2D eigenvalue weighted by atomic mass is 10.4. The fourth-order valence-electron chi connectivity index (χ4n) is 1.45. The summed E-state index contributed by atoms with van der Waals surface area (Å²) in [5.74, 6) is -0.939. The molecule has 0 aliphatic heterocycles. The van der Waals surface area contributed by atoms with Crippen molar-refractivity contribution in [3.63, 3.8) is 0 Å². The van der Waals surface area contributed by atoms with Gasteiger partial charge in [0.25, 0.3) is 0 Å². The SMILES string of the molecule is Cc1cc(C)n(CCCN/C=C/C(=O)O)n1. The first-order chi connectivity index (χ1) is 7.59. The van der Waals surface area contributed by atoms with Crippen LogP contribution in [0.15, 0.2) is 18.3 Å². The van der Waals surface area contributed by atoms with Gasteiger partial charge in [-0.25, -0.2) is 4.79 Å². The maximum absolute atomic E-state index is 10.2. The number of aromatic nitrogens is 2. The highest BCUT2D eigenvalue weighted by atomic mass is 16.4. The van der Waals surface area contributed by atoms with Gasteiger partial charge in [0.1, 0.15) is 0 Å². The molecule has 0 amide bonds. The summed E-state index contributed by atoms with van der Waals surface area (Å²) in [7, 11) is 0. The Morgan fingerprint density at radius 3 is 2.94 bits per heavy atom. The van der Waals surface area contributed by atoms with Gasteiger partial charge in [0.05, 0.1) is 5.69 Å². The second kappa shape index (κ2) is 5.95. The molecular formula is C11H17N3O2. The van der Waals surface area contributed by atoms with Crippen molar-refractivity contribution in [2.75, 3.05) is 6.54 Å². The Balaban J connectivity index is 2.21. The molecule has 0 aromatic carbocycles. The number of hydrogen-bond donors (Lipinski definition) is 2. The largest absolute Gasteiger partial charge is 0.478 e. The topological polar surface area (TPSA) is 67.2 Å². The molecule has 0 unspecified atom stereocenters. The van der Waals surface area contributed by atoms with Crippen LogP contribution >= 0.6 is 0 Å². The van der Waals surface area contributed by atoms with E-state index in [1.807, 2.05) is 24.6 Å². The van der Waals surface area contributed by atoms with Crippen LogP contribution in [-0.2, 0) is 11.3 Å². The zero-order valence-electron chi connectivity index (χ0n) is 9.60. The van der Waals surface area contributed by atoms with Crippen LogP contribution in [0.3, 0.4) is 0 Å². The molecule has 2 N–H and O–H groups in total. The first-order valence-electron chi connectivity index (χ1n) is 5.23. The van der Waals surface area contributed by atoms with Crippen LogP contribution in [0.5, 0.6) is 0 Å². The molecule has 16 heavy (non-hydrogen) atoms. The van der Waals surface area contributed by atoms with E-state index >= 15 is 0 Å². The summed E-state index contributed by atoms with van der Waals surface area (Å²) in [6.07, 6.45) is 3.44. The number of nitrogens with one attached hydrogen (secondary N) is 1. The van der Waals surface area contributed by atoms with Crippen molar-refractivity contribution in [2.24, 2.45) is 0 Å². The van der Waals surface area contributed by atoms with Crippen LogP contribution in [0.1, 0.15) is 17.8 Å².